The van der Waals surface area contributed by atoms with E-state index in [0.717, 1.165) is 0 Å². The van der Waals surface area contributed by atoms with Gasteiger partial charge in [0.2, 0.25) is 0 Å². The Hall–Kier alpha value is -2.63. The van der Waals surface area contributed by atoms with Crippen LogP contribution in [0.2, 0.25) is 10.0 Å². The summed E-state index contributed by atoms with van der Waals surface area (Å²) < 4.78 is 13.2. The quantitative estimate of drug-likeness (QED) is 0.630. The molecule has 0 atom stereocenters. The number of benzene rings is 2. The van der Waals surface area contributed by atoms with E-state index in [9.17, 15) is 9.18 Å². The van der Waals surface area contributed by atoms with E-state index in [1.54, 1.807) is 36.4 Å². The number of pyridine rings is 1. The molecular weight excluding hydrogens is 364 g/mol. The van der Waals surface area contributed by atoms with Gasteiger partial charge < -0.3 is 10.6 Å². The van der Waals surface area contributed by atoms with Gasteiger partial charge in [-0.2, -0.15) is 0 Å². The summed E-state index contributed by atoms with van der Waals surface area (Å²) in [6, 6.07) is 12.6. The van der Waals surface area contributed by atoms with Crippen molar-refractivity contribution in [2.45, 2.75) is 0 Å². The zero-order valence-electron chi connectivity index (χ0n) is 12.8. The second-order valence-corrected chi connectivity index (χ2v) is 5.94. The van der Waals surface area contributed by atoms with Crippen LogP contribution in [0.1, 0.15) is 10.4 Å². The molecule has 126 valence electrons. The summed E-state index contributed by atoms with van der Waals surface area (Å²) in [4.78, 5) is 16.4. The summed E-state index contributed by atoms with van der Waals surface area (Å²) in [5.41, 5.74) is 1.83. The van der Waals surface area contributed by atoms with Gasteiger partial charge in [0.05, 0.1) is 33.2 Å². The predicted molar refractivity (Wildman–Crippen MR) is 98.3 cm³/mol. The van der Waals surface area contributed by atoms with Crippen LogP contribution in [0, 0.1) is 5.82 Å². The monoisotopic (exact) mass is 375 g/mol. The number of aromatic nitrogens is 1. The molecule has 4 nitrogen and oxygen atoms in total. The fourth-order valence-corrected chi connectivity index (χ4v) is 2.51. The van der Waals surface area contributed by atoms with Crippen LogP contribution in [0.3, 0.4) is 0 Å². The number of rotatable bonds is 4. The first-order chi connectivity index (χ1) is 12.0. The summed E-state index contributed by atoms with van der Waals surface area (Å²) in [6.07, 6.45) is 2.96. The number of anilines is 3. The fourth-order valence-electron chi connectivity index (χ4n) is 2.16. The maximum atomic E-state index is 13.2. The molecule has 2 aromatic carbocycles. The molecule has 3 aromatic rings. The van der Waals surface area contributed by atoms with Gasteiger partial charge in [-0.05, 0) is 36.4 Å². The van der Waals surface area contributed by atoms with Crippen molar-refractivity contribution < 1.29 is 9.18 Å². The third kappa shape index (κ3) is 4.26. The first kappa shape index (κ1) is 17.2. The number of amides is 1. The van der Waals surface area contributed by atoms with Crippen molar-refractivity contribution in [2.24, 2.45) is 0 Å². The van der Waals surface area contributed by atoms with E-state index in [4.69, 9.17) is 23.2 Å². The molecule has 0 saturated heterocycles. The number of nitrogens with zero attached hydrogens (tertiary/aromatic N) is 1. The summed E-state index contributed by atoms with van der Waals surface area (Å²) >= 11 is 12.0. The first-order valence-corrected chi connectivity index (χ1v) is 8.01. The fraction of sp³-hybridized carbons (Fsp3) is 0. The third-order valence-electron chi connectivity index (χ3n) is 3.31. The Morgan fingerprint density at radius 2 is 1.80 bits per heavy atom. The predicted octanol–water partition coefficient (Wildman–Crippen LogP) is 5.52. The second kappa shape index (κ2) is 7.51. The molecule has 0 aliphatic carbocycles. The van der Waals surface area contributed by atoms with Crippen LogP contribution in [-0.2, 0) is 0 Å². The Bertz CT molecular complexity index is 934. The highest BCUT2D eigenvalue weighted by Gasteiger charge is 2.11. The van der Waals surface area contributed by atoms with Crippen LogP contribution in [-0.4, -0.2) is 10.9 Å². The molecule has 0 radical (unpaired) electrons. The number of halogens is 3. The summed E-state index contributed by atoms with van der Waals surface area (Å²) in [7, 11) is 0. The Balaban J connectivity index is 1.78. The van der Waals surface area contributed by atoms with E-state index < -0.39 is 0 Å². The van der Waals surface area contributed by atoms with Crippen molar-refractivity contribution in [3.8, 4) is 0 Å². The molecule has 0 fully saturated rings. The number of carbonyl (C=O) groups excluding carboxylic acids is 1. The van der Waals surface area contributed by atoms with Crippen molar-refractivity contribution in [1.29, 1.82) is 0 Å². The average Bonchev–Trinajstić information content (AvgIpc) is 2.59. The highest BCUT2D eigenvalue weighted by molar-refractivity contribution is 6.44. The molecule has 25 heavy (non-hydrogen) atoms. The zero-order chi connectivity index (χ0) is 17.8. The lowest BCUT2D eigenvalue weighted by molar-refractivity contribution is 0.102. The molecule has 0 unspecified atom stereocenters. The van der Waals surface area contributed by atoms with E-state index in [1.807, 2.05) is 0 Å². The SMILES string of the molecule is O=C(Nc1cccc(Cl)c1Cl)c1cncc(Nc2cccc(F)c2)c1. The highest BCUT2D eigenvalue weighted by atomic mass is 35.5. The Labute approximate surface area is 153 Å². The van der Waals surface area contributed by atoms with Crippen molar-refractivity contribution in [2.75, 3.05) is 10.6 Å². The lowest BCUT2D eigenvalue weighted by Gasteiger charge is -2.10. The van der Waals surface area contributed by atoms with Crippen LogP contribution >= 0.6 is 23.2 Å². The largest absolute Gasteiger partial charge is 0.354 e. The van der Waals surface area contributed by atoms with E-state index in [1.165, 1.54) is 24.5 Å². The third-order valence-corrected chi connectivity index (χ3v) is 4.13. The van der Waals surface area contributed by atoms with E-state index in [0.29, 0.717) is 27.6 Å². The molecule has 0 saturated carbocycles. The zero-order valence-corrected chi connectivity index (χ0v) is 14.3. The smallest absolute Gasteiger partial charge is 0.257 e. The molecule has 0 spiro atoms. The maximum Gasteiger partial charge on any atom is 0.257 e. The van der Waals surface area contributed by atoms with Crippen LogP contribution in [0.25, 0.3) is 0 Å². The standard InChI is InChI=1S/C18H12Cl2FN3O/c19-15-5-2-6-16(17(15)20)24-18(25)11-7-14(10-22-9-11)23-13-4-1-3-12(21)8-13/h1-10,23H,(H,24,25). The highest BCUT2D eigenvalue weighted by Crippen LogP contribution is 2.30. The summed E-state index contributed by atoms with van der Waals surface area (Å²) in [5.74, 6) is -0.748. The lowest BCUT2D eigenvalue weighted by Crippen LogP contribution is -2.13. The Morgan fingerprint density at radius 1 is 1.00 bits per heavy atom. The second-order valence-electron chi connectivity index (χ2n) is 5.15. The molecule has 2 N–H and O–H groups in total. The molecule has 1 heterocycles. The topological polar surface area (TPSA) is 54.0 Å². The summed E-state index contributed by atoms with van der Waals surface area (Å²) in [5, 5.41) is 6.29. The van der Waals surface area contributed by atoms with Crippen molar-refractivity contribution in [1.82, 2.24) is 4.98 Å². The van der Waals surface area contributed by atoms with Crippen LogP contribution in [0.15, 0.2) is 60.9 Å². The van der Waals surface area contributed by atoms with Crippen LogP contribution in [0.5, 0.6) is 0 Å². The Morgan fingerprint density at radius 3 is 2.60 bits per heavy atom. The number of hydrogen-bond donors (Lipinski definition) is 2. The number of hydrogen-bond acceptors (Lipinski definition) is 3. The van der Waals surface area contributed by atoms with Gasteiger partial charge in [0, 0.05) is 11.9 Å². The van der Waals surface area contributed by atoms with Gasteiger partial charge in [-0.25, -0.2) is 4.39 Å². The van der Waals surface area contributed by atoms with E-state index in [-0.39, 0.29) is 16.7 Å². The van der Waals surface area contributed by atoms with Crippen molar-refractivity contribution in [3.63, 3.8) is 0 Å². The molecule has 7 heteroatoms. The van der Waals surface area contributed by atoms with Crippen LogP contribution in [0.4, 0.5) is 21.5 Å². The number of carbonyl (C=O) groups is 1. The maximum absolute atomic E-state index is 13.2. The summed E-state index contributed by atoms with van der Waals surface area (Å²) in [6.45, 7) is 0. The molecule has 1 amide bonds. The van der Waals surface area contributed by atoms with Crippen LogP contribution < -0.4 is 10.6 Å². The Kier molecular flexibility index (Phi) is 5.16. The van der Waals surface area contributed by atoms with Crippen molar-refractivity contribution >= 4 is 46.2 Å². The molecule has 0 aliphatic heterocycles. The van der Waals surface area contributed by atoms with Gasteiger partial charge in [0.1, 0.15) is 5.82 Å². The molecule has 0 aliphatic rings. The lowest BCUT2D eigenvalue weighted by atomic mass is 10.2. The molecule has 1 aromatic heterocycles. The minimum absolute atomic E-state index is 0.263. The molecule has 3 rings (SSSR count). The van der Waals surface area contributed by atoms with Gasteiger partial charge in [0.25, 0.3) is 5.91 Å². The molecular formula is C18H12Cl2FN3O. The minimum Gasteiger partial charge on any atom is -0.354 e. The van der Waals surface area contributed by atoms with Crippen molar-refractivity contribution in [3.05, 3.63) is 82.4 Å². The van der Waals surface area contributed by atoms with Gasteiger partial charge in [-0.15, -0.1) is 0 Å². The first-order valence-electron chi connectivity index (χ1n) is 7.26. The molecule has 0 bridgehead atoms. The van der Waals surface area contributed by atoms with Gasteiger partial charge in [-0.1, -0.05) is 35.3 Å². The average molecular weight is 376 g/mol. The van der Waals surface area contributed by atoms with Gasteiger partial charge >= 0.3 is 0 Å². The van der Waals surface area contributed by atoms with Gasteiger partial charge in [-0.3, -0.25) is 9.78 Å². The van der Waals surface area contributed by atoms with E-state index >= 15 is 0 Å². The minimum atomic E-state index is -0.389. The van der Waals surface area contributed by atoms with Gasteiger partial charge in [0.15, 0.2) is 0 Å². The van der Waals surface area contributed by atoms with E-state index in [2.05, 4.69) is 15.6 Å². The normalized spacial score (nSPS) is 10.4. The number of nitrogens with one attached hydrogen (secondary N) is 2.